The van der Waals surface area contributed by atoms with Crippen LogP contribution in [0.15, 0.2) is 16.7 Å². The fourth-order valence-corrected chi connectivity index (χ4v) is 1.47. The van der Waals surface area contributed by atoms with E-state index >= 15 is 0 Å². The van der Waals surface area contributed by atoms with Gasteiger partial charge in [-0.2, -0.15) is 0 Å². The van der Waals surface area contributed by atoms with Gasteiger partial charge in [0.05, 0.1) is 33.0 Å². The predicted octanol–water partition coefficient (Wildman–Crippen LogP) is 2.04. The highest BCUT2D eigenvalue weighted by molar-refractivity contribution is 9.10. The number of methoxy groups -OCH3 is 1. The first-order valence-electron chi connectivity index (χ1n) is 5.82. The molecule has 0 fully saturated rings. The van der Waals surface area contributed by atoms with Gasteiger partial charge in [-0.05, 0) is 22.0 Å². The number of rotatable bonds is 10. The van der Waals surface area contributed by atoms with Crippen molar-refractivity contribution in [2.24, 2.45) is 0 Å². The lowest BCUT2D eigenvalue weighted by Gasteiger charge is -2.07. The van der Waals surface area contributed by atoms with Crippen LogP contribution in [0, 0.1) is 5.82 Å². The maximum atomic E-state index is 13.3. The summed E-state index contributed by atoms with van der Waals surface area (Å²) >= 11 is 3.12. The molecule has 0 saturated heterocycles. The molecule has 0 spiro atoms. The summed E-state index contributed by atoms with van der Waals surface area (Å²) in [5, 5.41) is 0. The molecule has 0 amide bonds. The van der Waals surface area contributed by atoms with Gasteiger partial charge >= 0.3 is 0 Å². The van der Waals surface area contributed by atoms with Crippen LogP contribution in [0.2, 0.25) is 0 Å². The summed E-state index contributed by atoms with van der Waals surface area (Å²) in [7, 11) is 1.62. The Morgan fingerprint density at radius 1 is 1.11 bits per heavy atom. The summed E-state index contributed by atoms with van der Waals surface area (Å²) in [6.45, 7) is 2.66. The first kappa shape index (κ1) is 16.3. The molecule has 0 saturated carbocycles. The van der Waals surface area contributed by atoms with Crippen LogP contribution in [0.1, 0.15) is 0 Å². The van der Waals surface area contributed by atoms with Crippen molar-refractivity contribution < 1.29 is 23.3 Å². The topological polar surface area (TPSA) is 49.8 Å². The molecule has 1 heterocycles. The molecule has 1 rings (SSSR count). The summed E-state index contributed by atoms with van der Waals surface area (Å²) in [6, 6.07) is 1.30. The third kappa shape index (κ3) is 7.41. The van der Waals surface area contributed by atoms with Gasteiger partial charge in [0.25, 0.3) is 5.88 Å². The highest BCUT2D eigenvalue weighted by Gasteiger charge is 2.05. The Morgan fingerprint density at radius 2 is 1.74 bits per heavy atom. The SMILES string of the molecule is COCCOCCOCCOc1ncc(Br)cc1F. The van der Waals surface area contributed by atoms with Gasteiger partial charge in [0.2, 0.25) is 0 Å². The Hall–Kier alpha value is -0.760. The molecule has 0 atom stereocenters. The van der Waals surface area contributed by atoms with Gasteiger partial charge in [0, 0.05) is 17.8 Å². The van der Waals surface area contributed by atoms with Gasteiger partial charge in [-0.1, -0.05) is 0 Å². The second kappa shape index (κ2) is 10.1. The number of hydrogen-bond acceptors (Lipinski definition) is 5. The van der Waals surface area contributed by atoms with Crippen molar-refractivity contribution >= 4 is 15.9 Å². The molecule has 1 aromatic rings. The van der Waals surface area contributed by atoms with Gasteiger partial charge in [-0.3, -0.25) is 0 Å². The quantitative estimate of drug-likeness (QED) is 0.611. The molecule has 0 N–H and O–H groups in total. The molecular weight excluding hydrogens is 321 g/mol. The minimum Gasteiger partial charge on any atom is -0.473 e. The van der Waals surface area contributed by atoms with Crippen molar-refractivity contribution in [2.75, 3.05) is 46.8 Å². The highest BCUT2D eigenvalue weighted by Crippen LogP contribution is 2.17. The summed E-state index contributed by atoms with van der Waals surface area (Å²) in [5.41, 5.74) is 0. The van der Waals surface area contributed by atoms with E-state index in [1.165, 1.54) is 12.3 Å². The molecule has 108 valence electrons. The summed E-state index contributed by atoms with van der Waals surface area (Å²) in [4.78, 5) is 3.81. The molecule has 7 heteroatoms. The smallest absolute Gasteiger partial charge is 0.250 e. The first-order chi connectivity index (χ1) is 9.24. The summed E-state index contributed by atoms with van der Waals surface area (Å²) in [6.07, 6.45) is 1.48. The monoisotopic (exact) mass is 337 g/mol. The normalized spacial score (nSPS) is 10.7. The van der Waals surface area contributed by atoms with E-state index in [-0.39, 0.29) is 12.5 Å². The zero-order valence-electron chi connectivity index (χ0n) is 10.7. The van der Waals surface area contributed by atoms with Crippen LogP contribution in [0.25, 0.3) is 0 Å². The van der Waals surface area contributed by atoms with Crippen molar-refractivity contribution in [1.29, 1.82) is 0 Å². The third-order valence-corrected chi connectivity index (χ3v) is 2.48. The lowest BCUT2D eigenvalue weighted by Crippen LogP contribution is -2.13. The van der Waals surface area contributed by atoms with E-state index in [0.29, 0.717) is 37.5 Å². The molecule has 0 bridgehead atoms. The summed E-state index contributed by atoms with van der Waals surface area (Å²) < 4.78 is 34.3. The lowest BCUT2D eigenvalue weighted by atomic mass is 10.5. The third-order valence-electron chi connectivity index (χ3n) is 2.04. The number of ether oxygens (including phenoxy) is 4. The maximum Gasteiger partial charge on any atom is 0.250 e. The maximum absolute atomic E-state index is 13.3. The molecule has 0 unspecified atom stereocenters. The largest absolute Gasteiger partial charge is 0.473 e. The average Bonchev–Trinajstić information content (AvgIpc) is 2.39. The number of nitrogens with zero attached hydrogens (tertiary/aromatic N) is 1. The second-order valence-corrected chi connectivity index (χ2v) is 4.42. The van der Waals surface area contributed by atoms with Crippen LogP contribution in [0.4, 0.5) is 4.39 Å². The Balaban J connectivity index is 2.01. The van der Waals surface area contributed by atoms with Gasteiger partial charge in [-0.15, -0.1) is 0 Å². The van der Waals surface area contributed by atoms with E-state index in [4.69, 9.17) is 18.9 Å². The van der Waals surface area contributed by atoms with Crippen LogP contribution < -0.4 is 4.74 Å². The van der Waals surface area contributed by atoms with Crippen molar-refractivity contribution in [2.45, 2.75) is 0 Å². The molecule has 1 aromatic heterocycles. The van der Waals surface area contributed by atoms with Crippen LogP contribution in [-0.2, 0) is 14.2 Å². The number of hydrogen-bond donors (Lipinski definition) is 0. The Morgan fingerprint density at radius 3 is 2.37 bits per heavy atom. The Kier molecular flexibility index (Phi) is 8.64. The number of halogens is 2. The molecule has 0 aliphatic carbocycles. The zero-order chi connectivity index (χ0) is 13.9. The molecule has 0 aliphatic rings. The van der Waals surface area contributed by atoms with Crippen LogP contribution in [0.3, 0.4) is 0 Å². The zero-order valence-corrected chi connectivity index (χ0v) is 12.3. The predicted molar refractivity (Wildman–Crippen MR) is 70.9 cm³/mol. The molecule has 0 aliphatic heterocycles. The first-order valence-corrected chi connectivity index (χ1v) is 6.61. The van der Waals surface area contributed by atoms with E-state index in [0.717, 1.165) is 0 Å². The van der Waals surface area contributed by atoms with Gasteiger partial charge in [-0.25, -0.2) is 9.37 Å². The van der Waals surface area contributed by atoms with E-state index in [2.05, 4.69) is 20.9 Å². The molecular formula is C12H17BrFNO4. The number of pyridine rings is 1. The molecule has 0 radical (unpaired) electrons. The molecule has 5 nitrogen and oxygen atoms in total. The van der Waals surface area contributed by atoms with E-state index < -0.39 is 5.82 Å². The van der Waals surface area contributed by atoms with Crippen molar-refractivity contribution in [3.63, 3.8) is 0 Å². The van der Waals surface area contributed by atoms with E-state index in [9.17, 15) is 4.39 Å². The summed E-state index contributed by atoms with van der Waals surface area (Å²) in [5.74, 6) is -0.527. The standard InChI is InChI=1S/C12H17BrFNO4/c1-16-2-3-17-4-5-18-6-7-19-12-11(14)8-10(13)9-15-12/h8-9H,2-7H2,1H3. The Labute approximate surface area is 120 Å². The van der Waals surface area contributed by atoms with Crippen LogP contribution >= 0.6 is 15.9 Å². The minimum atomic E-state index is -0.503. The van der Waals surface area contributed by atoms with Crippen LogP contribution in [-0.4, -0.2) is 51.7 Å². The Bertz CT molecular complexity index is 368. The number of aromatic nitrogens is 1. The highest BCUT2D eigenvalue weighted by atomic mass is 79.9. The van der Waals surface area contributed by atoms with E-state index in [1.54, 1.807) is 7.11 Å². The lowest BCUT2D eigenvalue weighted by molar-refractivity contribution is 0.0173. The van der Waals surface area contributed by atoms with Crippen molar-refractivity contribution in [3.05, 3.63) is 22.6 Å². The second-order valence-electron chi connectivity index (χ2n) is 3.51. The van der Waals surface area contributed by atoms with Gasteiger partial charge in [0.15, 0.2) is 5.82 Å². The van der Waals surface area contributed by atoms with Crippen molar-refractivity contribution in [3.8, 4) is 5.88 Å². The van der Waals surface area contributed by atoms with Gasteiger partial charge < -0.3 is 18.9 Å². The van der Waals surface area contributed by atoms with Crippen molar-refractivity contribution in [1.82, 2.24) is 4.98 Å². The fourth-order valence-electron chi connectivity index (χ4n) is 1.17. The minimum absolute atomic E-state index is 0.0249. The van der Waals surface area contributed by atoms with Crippen LogP contribution in [0.5, 0.6) is 5.88 Å². The van der Waals surface area contributed by atoms with E-state index in [1.807, 2.05) is 0 Å². The molecule has 0 aromatic carbocycles. The molecule has 19 heavy (non-hydrogen) atoms. The average molecular weight is 338 g/mol. The van der Waals surface area contributed by atoms with Gasteiger partial charge in [0.1, 0.15) is 6.61 Å². The fraction of sp³-hybridized carbons (Fsp3) is 0.583.